The Labute approximate surface area is 273 Å². The molecule has 1 aliphatic rings. The highest BCUT2D eigenvalue weighted by Gasteiger charge is 2.24. The summed E-state index contributed by atoms with van der Waals surface area (Å²) in [6, 6.07) is 9.44. The number of rotatable bonds is 11. The molecule has 17 nitrogen and oxygen atoms in total. The van der Waals surface area contributed by atoms with Crippen LogP contribution in [0.1, 0.15) is 56.8 Å². The molecule has 1 aliphatic heterocycles. The lowest BCUT2D eigenvalue weighted by Gasteiger charge is -2.31. The Kier molecular flexibility index (Phi) is 9.00. The predicted octanol–water partition coefficient (Wildman–Crippen LogP) is 1.42. The zero-order valence-corrected chi connectivity index (χ0v) is 26.0. The van der Waals surface area contributed by atoms with Gasteiger partial charge in [-0.15, -0.1) is 10.2 Å². The second kappa shape index (κ2) is 13.6. The normalized spacial score (nSPS) is 13.1. The zero-order valence-electron chi connectivity index (χ0n) is 26.0. The number of benzene rings is 2. The number of H-pyrrole nitrogens is 1. The lowest BCUT2D eigenvalue weighted by Crippen LogP contribution is -2.41. The summed E-state index contributed by atoms with van der Waals surface area (Å²) in [6.45, 7) is 3.30. The molecule has 0 unspecified atom stereocenters. The minimum atomic E-state index is -1.16. The molecule has 0 radical (unpaired) electrons. The van der Waals surface area contributed by atoms with Crippen LogP contribution in [0.4, 0.5) is 17.5 Å². The van der Waals surface area contributed by atoms with Crippen LogP contribution in [-0.4, -0.2) is 82.6 Å². The van der Waals surface area contributed by atoms with E-state index < -0.39 is 17.9 Å². The molecule has 17 heteroatoms. The molecule has 0 fully saturated rings. The molecule has 8 N–H and O–H groups in total. The van der Waals surface area contributed by atoms with E-state index in [4.69, 9.17) is 11.5 Å². The van der Waals surface area contributed by atoms with Crippen molar-refractivity contribution < 1.29 is 19.5 Å². The lowest BCUT2D eigenvalue weighted by atomic mass is 9.98. The SMILES string of the molecule is Cc1ccc(C(=O)NCCC[C@H](NC(=O)c2ccc3c(c2)CCCN3Cc2cnc3nc(N)nc(N)c3n2)C(=O)O)c(-c2nn[nH]n2)c1. The van der Waals surface area contributed by atoms with E-state index in [2.05, 4.69) is 56.1 Å². The van der Waals surface area contributed by atoms with Crippen molar-refractivity contribution in [1.82, 2.24) is 51.2 Å². The number of aryl methyl sites for hydroxylation is 2. The average molecular weight is 652 g/mol. The summed E-state index contributed by atoms with van der Waals surface area (Å²) in [5, 5.41) is 29.1. The summed E-state index contributed by atoms with van der Waals surface area (Å²) in [6.07, 6.45) is 3.66. The highest BCUT2D eigenvalue weighted by Crippen LogP contribution is 2.30. The minimum Gasteiger partial charge on any atom is -0.480 e. The van der Waals surface area contributed by atoms with Crippen LogP contribution in [0.2, 0.25) is 0 Å². The number of nitrogen functional groups attached to an aromatic ring is 2. The molecule has 3 aromatic heterocycles. The van der Waals surface area contributed by atoms with Gasteiger partial charge in [0, 0.05) is 29.9 Å². The van der Waals surface area contributed by atoms with Gasteiger partial charge in [0.1, 0.15) is 6.04 Å². The number of carboxylic acid groups (broad SMARTS) is 1. The van der Waals surface area contributed by atoms with E-state index in [9.17, 15) is 19.5 Å². The highest BCUT2D eigenvalue weighted by molar-refractivity contribution is 6.00. The molecule has 246 valence electrons. The van der Waals surface area contributed by atoms with Gasteiger partial charge in [-0.25, -0.2) is 14.8 Å². The summed E-state index contributed by atoms with van der Waals surface area (Å²) in [7, 11) is 0. The maximum Gasteiger partial charge on any atom is 0.326 e. The molecule has 0 spiro atoms. The Hall–Kier alpha value is -6.26. The summed E-state index contributed by atoms with van der Waals surface area (Å²) in [5.74, 6) is -1.54. The standard InChI is InChI=1S/C31H33N13O4/c1-16-6-8-20(21(12-16)26-40-42-43-41-26)29(46)34-10-2-5-22(30(47)48)37-28(45)18-7-9-23-17(13-18)4-3-11-44(23)15-19-14-35-27-24(36-19)25(32)38-31(33)39-27/h6-9,12-14,22H,2-5,10-11,15H2,1H3,(H,34,46)(H,37,45)(H,47,48)(H,40,41,42,43)(H4,32,33,35,38,39)/t22-/m0/s1. The number of fused-ring (bicyclic) bond motifs is 2. The number of carbonyl (C=O) groups excluding carboxylic acids is 2. The van der Waals surface area contributed by atoms with Gasteiger partial charge in [0.25, 0.3) is 11.8 Å². The number of aromatic amines is 1. The first-order chi connectivity index (χ1) is 23.2. The van der Waals surface area contributed by atoms with Gasteiger partial charge in [-0.2, -0.15) is 15.2 Å². The van der Waals surface area contributed by atoms with Crippen LogP contribution in [0, 0.1) is 6.92 Å². The van der Waals surface area contributed by atoms with E-state index in [1.54, 1.807) is 36.5 Å². The molecule has 0 saturated carbocycles. The number of nitrogens with zero attached hydrogens (tertiary/aromatic N) is 8. The quantitative estimate of drug-likeness (QED) is 0.110. The molecular weight excluding hydrogens is 618 g/mol. The van der Waals surface area contributed by atoms with Gasteiger partial charge < -0.3 is 32.1 Å². The molecule has 4 heterocycles. The number of aromatic nitrogens is 8. The van der Waals surface area contributed by atoms with Gasteiger partial charge in [-0.1, -0.05) is 11.6 Å². The Morgan fingerprint density at radius 1 is 1.08 bits per heavy atom. The molecule has 48 heavy (non-hydrogen) atoms. The molecule has 2 aromatic carbocycles. The van der Waals surface area contributed by atoms with Crippen LogP contribution < -0.4 is 27.0 Å². The van der Waals surface area contributed by atoms with Crippen LogP contribution in [-0.2, 0) is 17.8 Å². The third-order valence-corrected chi connectivity index (χ3v) is 7.98. The fourth-order valence-electron chi connectivity index (χ4n) is 5.65. The summed E-state index contributed by atoms with van der Waals surface area (Å²) >= 11 is 0. The first kappa shape index (κ1) is 31.7. The fourth-order valence-corrected chi connectivity index (χ4v) is 5.65. The Morgan fingerprint density at radius 3 is 2.73 bits per heavy atom. The van der Waals surface area contributed by atoms with Crippen molar-refractivity contribution in [2.24, 2.45) is 0 Å². The molecule has 0 bridgehead atoms. The van der Waals surface area contributed by atoms with Crippen LogP contribution >= 0.6 is 0 Å². The van der Waals surface area contributed by atoms with E-state index in [-0.39, 0.29) is 30.6 Å². The monoisotopic (exact) mass is 651 g/mol. The molecule has 1 atom stereocenters. The molecule has 5 aromatic rings. The smallest absolute Gasteiger partial charge is 0.326 e. The second-order valence-electron chi connectivity index (χ2n) is 11.4. The van der Waals surface area contributed by atoms with E-state index in [1.807, 2.05) is 13.0 Å². The molecule has 6 rings (SSSR count). The van der Waals surface area contributed by atoms with Gasteiger partial charge in [-0.3, -0.25) is 9.59 Å². The highest BCUT2D eigenvalue weighted by atomic mass is 16.4. The lowest BCUT2D eigenvalue weighted by molar-refractivity contribution is -0.139. The van der Waals surface area contributed by atoms with Gasteiger partial charge >= 0.3 is 5.97 Å². The van der Waals surface area contributed by atoms with E-state index >= 15 is 0 Å². The number of carboxylic acids is 1. The topological polar surface area (TPSA) is 257 Å². The summed E-state index contributed by atoms with van der Waals surface area (Å²) in [4.78, 5) is 57.2. The van der Waals surface area contributed by atoms with Crippen LogP contribution in [0.5, 0.6) is 0 Å². The maximum atomic E-state index is 13.2. The minimum absolute atomic E-state index is 0.0286. The number of nitrogens with one attached hydrogen (secondary N) is 3. The van der Waals surface area contributed by atoms with E-state index in [1.165, 1.54) is 0 Å². The van der Waals surface area contributed by atoms with Gasteiger partial charge in [0.15, 0.2) is 17.0 Å². The second-order valence-corrected chi connectivity index (χ2v) is 11.4. The Balaban J connectivity index is 1.06. The Bertz CT molecular complexity index is 2000. The first-order valence-electron chi connectivity index (χ1n) is 15.2. The fraction of sp³-hybridized carbons (Fsp3) is 0.290. The number of anilines is 3. The third kappa shape index (κ3) is 6.93. The Morgan fingerprint density at radius 2 is 1.94 bits per heavy atom. The van der Waals surface area contributed by atoms with Crippen LogP contribution in [0.15, 0.2) is 42.6 Å². The van der Waals surface area contributed by atoms with Crippen molar-refractivity contribution >= 4 is 46.4 Å². The molecule has 0 saturated heterocycles. The number of hydrogen-bond donors (Lipinski definition) is 6. The van der Waals surface area contributed by atoms with Crippen molar-refractivity contribution in [3.05, 3.63) is 70.5 Å². The van der Waals surface area contributed by atoms with Gasteiger partial charge in [0.05, 0.1) is 24.0 Å². The number of tetrazole rings is 1. The number of hydrogen-bond acceptors (Lipinski definition) is 13. The van der Waals surface area contributed by atoms with E-state index in [0.29, 0.717) is 52.3 Å². The van der Waals surface area contributed by atoms with Crippen molar-refractivity contribution in [2.45, 2.75) is 45.2 Å². The zero-order chi connectivity index (χ0) is 33.8. The van der Waals surface area contributed by atoms with Crippen molar-refractivity contribution in [3.63, 3.8) is 0 Å². The largest absolute Gasteiger partial charge is 0.480 e. The molecule has 2 amide bonds. The molecule has 0 aliphatic carbocycles. The summed E-state index contributed by atoms with van der Waals surface area (Å²) in [5.41, 5.74) is 17.1. The summed E-state index contributed by atoms with van der Waals surface area (Å²) < 4.78 is 0. The van der Waals surface area contributed by atoms with E-state index in [0.717, 1.165) is 36.2 Å². The van der Waals surface area contributed by atoms with Gasteiger partial charge in [0.2, 0.25) is 11.8 Å². The van der Waals surface area contributed by atoms with Crippen molar-refractivity contribution in [3.8, 4) is 11.4 Å². The van der Waals surface area contributed by atoms with Crippen molar-refractivity contribution in [1.29, 1.82) is 0 Å². The maximum absolute atomic E-state index is 13.2. The van der Waals surface area contributed by atoms with Crippen LogP contribution in [0.3, 0.4) is 0 Å². The molecular formula is C31H33N13O4. The van der Waals surface area contributed by atoms with Crippen LogP contribution in [0.25, 0.3) is 22.6 Å². The first-order valence-corrected chi connectivity index (χ1v) is 15.2. The number of nitrogens with two attached hydrogens (primary N) is 2. The van der Waals surface area contributed by atoms with Gasteiger partial charge in [-0.05, 0) is 73.7 Å². The number of amides is 2. The number of carbonyl (C=O) groups is 3. The third-order valence-electron chi connectivity index (χ3n) is 7.98. The van der Waals surface area contributed by atoms with Crippen molar-refractivity contribution in [2.75, 3.05) is 29.5 Å². The predicted molar refractivity (Wildman–Crippen MR) is 175 cm³/mol. The average Bonchev–Trinajstić information content (AvgIpc) is 3.61. The number of aliphatic carboxylic acids is 1.